The number of halogens is 1. The third-order valence-corrected chi connectivity index (χ3v) is 5.85. The molecule has 28 heavy (non-hydrogen) atoms. The summed E-state index contributed by atoms with van der Waals surface area (Å²) >= 11 is 6.63. The number of ether oxygens (including phenoxy) is 2. The number of hydrogen-bond donors (Lipinski definition) is 2. The predicted octanol–water partition coefficient (Wildman–Crippen LogP) is 3.18. The van der Waals surface area contributed by atoms with Crippen molar-refractivity contribution in [1.82, 2.24) is 0 Å². The number of aliphatic hydroxyl groups is 2. The average molecular weight is 404 g/mol. The van der Waals surface area contributed by atoms with Crippen molar-refractivity contribution >= 4 is 11.6 Å². The minimum Gasteiger partial charge on any atom is -0.491 e. The molecule has 2 aliphatic heterocycles. The summed E-state index contributed by atoms with van der Waals surface area (Å²) < 4.78 is 11.8. The molecule has 148 valence electrons. The van der Waals surface area contributed by atoms with E-state index in [0.29, 0.717) is 30.2 Å². The highest BCUT2D eigenvalue weighted by Gasteiger charge is 2.39. The number of nitroso groups, excluding NO2 is 1. The van der Waals surface area contributed by atoms with Crippen LogP contribution in [0.3, 0.4) is 0 Å². The van der Waals surface area contributed by atoms with Gasteiger partial charge in [-0.15, -0.1) is 0 Å². The van der Waals surface area contributed by atoms with Crippen molar-refractivity contribution < 1.29 is 19.7 Å². The maximum absolute atomic E-state index is 10.7. The van der Waals surface area contributed by atoms with Gasteiger partial charge in [-0.2, -0.15) is 4.91 Å². The molecular formula is C21H22ClNO5. The van der Waals surface area contributed by atoms with Crippen LogP contribution in [0.25, 0.3) is 0 Å². The first kappa shape index (κ1) is 19.3. The van der Waals surface area contributed by atoms with Crippen LogP contribution in [0, 0.1) is 4.91 Å². The molecule has 0 radical (unpaired) electrons. The lowest BCUT2D eigenvalue weighted by Gasteiger charge is -2.37. The first-order valence-electron chi connectivity index (χ1n) is 9.40. The molecule has 0 bridgehead atoms. The lowest BCUT2D eigenvalue weighted by molar-refractivity contribution is -0.166. The van der Waals surface area contributed by atoms with Gasteiger partial charge in [0, 0.05) is 18.4 Å². The minimum atomic E-state index is -1.13. The Kier molecular flexibility index (Phi) is 5.64. The summed E-state index contributed by atoms with van der Waals surface area (Å²) in [4.78, 5) is 10.7. The normalized spacial score (nSPS) is 26.5. The topological polar surface area (TPSA) is 88.4 Å². The third-order valence-electron chi connectivity index (χ3n) is 5.44. The zero-order chi connectivity index (χ0) is 19.7. The summed E-state index contributed by atoms with van der Waals surface area (Å²) in [6, 6.07) is 12.0. The SMILES string of the molecule is O=NCC1OC(c2cc(Cc3ccccc3)c(Cl)c3c2CCO3)CC(O)[C@@H]1O. The van der Waals surface area contributed by atoms with Crippen molar-refractivity contribution in [1.29, 1.82) is 0 Å². The fraction of sp³-hybridized carbons (Fsp3) is 0.429. The minimum absolute atomic E-state index is 0.210. The van der Waals surface area contributed by atoms with E-state index in [2.05, 4.69) is 5.18 Å². The molecule has 3 unspecified atom stereocenters. The monoisotopic (exact) mass is 403 g/mol. The van der Waals surface area contributed by atoms with Crippen LogP contribution in [0.5, 0.6) is 5.75 Å². The largest absolute Gasteiger partial charge is 0.491 e. The third kappa shape index (κ3) is 3.65. The Labute approximate surface area is 168 Å². The van der Waals surface area contributed by atoms with Crippen LogP contribution >= 0.6 is 11.6 Å². The molecule has 0 saturated carbocycles. The van der Waals surface area contributed by atoms with Gasteiger partial charge in [-0.3, -0.25) is 0 Å². The van der Waals surface area contributed by atoms with Crippen LogP contribution in [0.1, 0.15) is 34.8 Å². The lowest BCUT2D eigenvalue weighted by atomic mass is 9.88. The number of fused-ring (bicyclic) bond motifs is 1. The van der Waals surface area contributed by atoms with E-state index in [9.17, 15) is 15.1 Å². The first-order valence-corrected chi connectivity index (χ1v) is 9.78. The Hall–Kier alpha value is -1.99. The van der Waals surface area contributed by atoms with E-state index in [1.807, 2.05) is 36.4 Å². The highest BCUT2D eigenvalue weighted by atomic mass is 35.5. The summed E-state index contributed by atoms with van der Waals surface area (Å²) in [6.45, 7) is 0.325. The predicted molar refractivity (Wildman–Crippen MR) is 105 cm³/mol. The molecule has 4 atom stereocenters. The standard InChI is InChI=1S/C21H22ClNO5/c22-19-13(8-12-4-2-1-3-5-12)9-15(14-6-7-27-21(14)19)17-10-16(24)20(25)18(28-17)11-23-26/h1-5,9,16-18,20,24-25H,6-8,10-11H2/t16?,17?,18?,20-/m0/s1. The lowest BCUT2D eigenvalue weighted by Crippen LogP contribution is -2.47. The molecule has 2 aromatic carbocycles. The van der Waals surface area contributed by atoms with Gasteiger partial charge >= 0.3 is 0 Å². The molecule has 2 heterocycles. The summed E-state index contributed by atoms with van der Waals surface area (Å²) in [5.41, 5.74) is 3.90. The van der Waals surface area contributed by atoms with E-state index in [0.717, 1.165) is 22.3 Å². The van der Waals surface area contributed by atoms with E-state index in [1.54, 1.807) is 0 Å². The Bertz CT molecular complexity index is 860. The molecule has 2 N–H and O–H groups in total. The van der Waals surface area contributed by atoms with E-state index >= 15 is 0 Å². The average Bonchev–Trinajstić information content (AvgIpc) is 3.19. The number of nitrogens with zero attached hydrogens (tertiary/aromatic N) is 1. The molecule has 7 heteroatoms. The van der Waals surface area contributed by atoms with Crippen LogP contribution in [0.4, 0.5) is 0 Å². The van der Waals surface area contributed by atoms with Crippen LogP contribution in [-0.4, -0.2) is 41.7 Å². The van der Waals surface area contributed by atoms with Crippen molar-refractivity contribution in [2.75, 3.05) is 13.2 Å². The van der Waals surface area contributed by atoms with Gasteiger partial charge in [0.2, 0.25) is 0 Å². The van der Waals surface area contributed by atoms with Crippen LogP contribution in [0.2, 0.25) is 5.02 Å². The number of benzene rings is 2. The zero-order valence-corrected chi connectivity index (χ0v) is 16.0. The van der Waals surface area contributed by atoms with Crippen molar-refractivity contribution in [3.63, 3.8) is 0 Å². The fourth-order valence-corrected chi connectivity index (χ4v) is 4.31. The maximum Gasteiger partial charge on any atom is 0.141 e. The molecule has 0 aliphatic carbocycles. The highest BCUT2D eigenvalue weighted by molar-refractivity contribution is 6.33. The highest BCUT2D eigenvalue weighted by Crippen LogP contribution is 2.44. The molecule has 1 fully saturated rings. The van der Waals surface area contributed by atoms with Crippen molar-refractivity contribution in [3.05, 3.63) is 68.6 Å². The summed E-state index contributed by atoms with van der Waals surface area (Å²) in [6.07, 6.45) is -1.85. The number of rotatable bonds is 5. The van der Waals surface area contributed by atoms with Crippen LogP contribution < -0.4 is 4.74 Å². The Morgan fingerprint density at radius 3 is 2.75 bits per heavy atom. The van der Waals surface area contributed by atoms with E-state index in [1.165, 1.54) is 0 Å². The maximum atomic E-state index is 10.7. The molecule has 2 aromatic rings. The summed E-state index contributed by atoms with van der Waals surface area (Å²) in [5, 5.41) is 23.8. The molecule has 4 rings (SSSR count). The number of hydrogen-bond acceptors (Lipinski definition) is 6. The van der Waals surface area contributed by atoms with Gasteiger partial charge < -0.3 is 19.7 Å². The Balaban J connectivity index is 1.71. The van der Waals surface area contributed by atoms with Gasteiger partial charge in [0.1, 0.15) is 24.5 Å². The van der Waals surface area contributed by atoms with E-state index in [4.69, 9.17) is 21.1 Å². The molecule has 6 nitrogen and oxygen atoms in total. The summed E-state index contributed by atoms with van der Waals surface area (Å²) in [7, 11) is 0. The van der Waals surface area contributed by atoms with Crippen molar-refractivity contribution in [2.24, 2.45) is 5.18 Å². The van der Waals surface area contributed by atoms with Gasteiger partial charge in [-0.1, -0.05) is 53.2 Å². The van der Waals surface area contributed by atoms with Gasteiger partial charge in [0.15, 0.2) is 0 Å². The molecule has 0 aromatic heterocycles. The Morgan fingerprint density at radius 2 is 2.00 bits per heavy atom. The molecule has 0 amide bonds. The van der Waals surface area contributed by atoms with Gasteiger partial charge in [-0.05, 0) is 23.1 Å². The fourth-order valence-electron chi connectivity index (χ4n) is 4.02. The van der Waals surface area contributed by atoms with E-state index in [-0.39, 0.29) is 13.0 Å². The second-order valence-electron chi connectivity index (χ2n) is 7.28. The van der Waals surface area contributed by atoms with Gasteiger partial charge in [-0.25, -0.2) is 0 Å². The molecule has 0 spiro atoms. The second-order valence-corrected chi connectivity index (χ2v) is 7.65. The molecular weight excluding hydrogens is 382 g/mol. The van der Waals surface area contributed by atoms with Crippen molar-refractivity contribution in [2.45, 2.75) is 43.7 Å². The van der Waals surface area contributed by atoms with Gasteiger partial charge in [0.25, 0.3) is 0 Å². The summed E-state index contributed by atoms with van der Waals surface area (Å²) in [5.74, 6) is 0.666. The smallest absolute Gasteiger partial charge is 0.141 e. The molecule has 1 saturated heterocycles. The Morgan fingerprint density at radius 1 is 1.21 bits per heavy atom. The van der Waals surface area contributed by atoms with Crippen molar-refractivity contribution in [3.8, 4) is 5.75 Å². The quantitative estimate of drug-likeness (QED) is 0.748. The van der Waals surface area contributed by atoms with Crippen LogP contribution in [-0.2, 0) is 17.6 Å². The first-order chi connectivity index (χ1) is 13.6. The molecule has 2 aliphatic rings. The van der Waals surface area contributed by atoms with Crippen LogP contribution in [0.15, 0.2) is 41.6 Å². The van der Waals surface area contributed by atoms with Gasteiger partial charge in [0.05, 0.1) is 23.8 Å². The van der Waals surface area contributed by atoms with E-state index < -0.39 is 24.4 Å². The number of aliphatic hydroxyl groups excluding tert-OH is 2. The zero-order valence-electron chi connectivity index (χ0n) is 15.3. The second kappa shape index (κ2) is 8.17.